The molecule has 116 valence electrons. The Morgan fingerprint density at radius 2 is 2.19 bits per heavy atom. The summed E-state index contributed by atoms with van der Waals surface area (Å²) < 4.78 is 5.01. The molecule has 0 bridgehead atoms. The summed E-state index contributed by atoms with van der Waals surface area (Å²) in [6.45, 7) is 6.11. The highest BCUT2D eigenvalue weighted by atomic mass is 32.2. The van der Waals surface area contributed by atoms with Crippen molar-refractivity contribution in [3.8, 4) is 0 Å². The third-order valence-electron chi connectivity index (χ3n) is 4.11. The molecule has 2 saturated heterocycles. The highest BCUT2D eigenvalue weighted by Crippen LogP contribution is 2.21. The van der Waals surface area contributed by atoms with Crippen LogP contribution < -0.4 is 0 Å². The molecule has 2 aliphatic rings. The molecule has 1 amide bonds. The Kier molecular flexibility index (Phi) is 4.80. The molecule has 3 heterocycles. The molecule has 0 spiro atoms. The summed E-state index contributed by atoms with van der Waals surface area (Å²) in [6.07, 6.45) is 2.07. The van der Waals surface area contributed by atoms with Crippen molar-refractivity contribution in [3.05, 3.63) is 11.7 Å². The van der Waals surface area contributed by atoms with Crippen LogP contribution in [0, 0.1) is 12.8 Å². The van der Waals surface area contributed by atoms with Crippen LogP contribution in [0.3, 0.4) is 0 Å². The van der Waals surface area contributed by atoms with E-state index in [1.54, 1.807) is 6.92 Å². The highest BCUT2D eigenvalue weighted by molar-refractivity contribution is 7.99. The third-order valence-corrected chi connectivity index (χ3v) is 5.05. The molecule has 0 radical (unpaired) electrons. The van der Waals surface area contributed by atoms with Crippen LogP contribution >= 0.6 is 11.8 Å². The van der Waals surface area contributed by atoms with E-state index < -0.39 is 0 Å². The van der Waals surface area contributed by atoms with E-state index in [9.17, 15) is 4.79 Å². The second kappa shape index (κ2) is 6.79. The summed E-state index contributed by atoms with van der Waals surface area (Å²) in [5.41, 5.74) is 0. The van der Waals surface area contributed by atoms with Gasteiger partial charge in [0.05, 0.1) is 12.5 Å². The minimum Gasteiger partial charge on any atom is -0.341 e. The molecular formula is C14H22N4O2S. The lowest BCUT2D eigenvalue weighted by atomic mass is 9.96. The summed E-state index contributed by atoms with van der Waals surface area (Å²) in [7, 11) is 0. The van der Waals surface area contributed by atoms with Crippen LogP contribution in [0.5, 0.6) is 0 Å². The fourth-order valence-corrected chi connectivity index (χ4v) is 3.95. The van der Waals surface area contributed by atoms with Gasteiger partial charge >= 0.3 is 0 Å². The number of amides is 1. The predicted octanol–water partition coefficient (Wildman–Crippen LogP) is 1.17. The van der Waals surface area contributed by atoms with E-state index in [4.69, 9.17) is 4.52 Å². The van der Waals surface area contributed by atoms with E-state index in [0.717, 1.165) is 56.4 Å². The first kappa shape index (κ1) is 14.8. The Morgan fingerprint density at radius 1 is 1.38 bits per heavy atom. The Morgan fingerprint density at radius 3 is 2.90 bits per heavy atom. The van der Waals surface area contributed by atoms with Crippen molar-refractivity contribution >= 4 is 17.7 Å². The van der Waals surface area contributed by atoms with Gasteiger partial charge in [-0.15, -0.1) is 0 Å². The smallest absolute Gasteiger partial charge is 0.227 e. The molecule has 21 heavy (non-hydrogen) atoms. The average Bonchev–Trinajstić information content (AvgIpc) is 2.93. The quantitative estimate of drug-likeness (QED) is 0.835. The Bertz CT molecular complexity index is 487. The molecule has 1 unspecified atom stereocenters. The normalized spacial score (nSPS) is 24.2. The zero-order valence-electron chi connectivity index (χ0n) is 12.5. The average molecular weight is 310 g/mol. The highest BCUT2D eigenvalue weighted by Gasteiger charge is 2.30. The molecule has 0 N–H and O–H groups in total. The molecule has 2 fully saturated rings. The van der Waals surface area contributed by atoms with Gasteiger partial charge in [0.25, 0.3) is 0 Å². The van der Waals surface area contributed by atoms with Crippen molar-refractivity contribution in [2.24, 2.45) is 5.92 Å². The molecule has 1 aromatic rings. The largest absolute Gasteiger partial charge is 0.341 e. The first-order valence-corrected chi connectivity index (χ1v) is 8.76. The maximum absolute atomic E-state index is 12.6. The number of aryl methyl sites for hydroxylation is 1. The summed E-state index contributed by atoms with van der Waals surface area (Å²) in [6, 6.07) is 0. The topological polar surface area (TPSA) is 62.5 Å². The summed E-state index contributed by atoms with van der Waals surface area (Å²) in [5.74, 6) is 3.93. The van der Waals surface area contributed by atoms with Crippen LogP contribution in [0.1, 0.15) is 24.6 Å². The van der Waals surface area contributed by atoms with E-state index >= 15 is 0 Å². The monoisotopic (exact) mass is 310 g/mol. The van der Waals surface area contributed by atoms with E-state index in [1.165, 1.54) is 0 Å². The van der Waals surface area contributed by atoms with Crippen molar-refractivity contribution in [1.29, 1.82) is 0 Å². The predicted molar refractivity (Wildman–Crippen MR) is 80.9 cm³/mol. The van der Waals surface area contributed by atoms with Gasteiger partial charge in [0, 0.05) is 38.1 Å². The Labute approximate surface area is 129 Å². The van der Waals surface area contributed by atoms with Gasteiger partial charge in [0.15, 0.2) is 5.82 Å². The maximum atomic E-state index is 12.6. The molecular weight excluding hydrogens is 288 g/mol. The van der Waals surface area contributed by atoms with Gasteiger partial charge in [0.1, 0.15) is 0 Å². The number of nitrogens with zero attached hydrogens (tertiary/aromatic N) is 4. The van der Waals surface area contributed by atoms with Gasteiger partial charge < -0.3 is 9.42 Å². The van der Waals surface area contributed by atoms with Crippen LogP contribution in [0.2, 0.25) is 0 Å². The number of carbonyl (C=O) groups excluding carboxylic acids is 1. The van der Waals surface area contributed by atoms with Crippen LogP contribution in [-0.4, -0.2) is 63.5 Å². The SMILES string of the molecule is Cc1nc(CN2CCCC(C(=O)N3CCSCC3)C2)no1. The number of likely N-dealkylation sites (tertiary alicyclic amines) is 1. The van der Waals surface area contributed by atoms with Crippen LogP contribution in [0.4, 0.5) is 0 Å². The fraction of sp³-hybridized carbons (Fsp3) is 0.786. The molecule has 7 heteroatoms. The Balaban J connectivity index is 1.56. The van der Waals surface area contributed by atoms with Crippen molar-refractivity contribution in [3.63, 3.8) is 0 Å². The molecule has 1 atom stereocenters. The molecule has 0 aliphatic carbocycles. The number of hydrogen-bond donors (Lipinski definition) is 0. The third kappa shape index (κ3) is 3.77. The van der Waals surface area contributed by atoms with Crippen LogP contribution in [0.25, 0.3) is 0 Å². The lowest BCUT2D eigenvalue weighted by molar-refractivity contribution is -0.137. The van der Waals surface area contributed by atoms with Crippen LogP contribution in [-0.2, 0) is 11.3 Å². The van der Waals surface area contributed by atoms with Gasteiger partial charge in [-0.3, -0.25) is 9.69 Å². The fourth-order valence-electron chi connectivity index (χ4n) is 3.05. The summed E-state index contributed by atoms with van der Waals surface area (Å²) in [4.78, 5) is 21.2. The van der Waals surface area contributed by atoms with Crippen LogP contribution in [0.15, 0.2) is 4.52 Å². The van der Waals surface area contributed by atoms with Gasteiger partial charge in [-0.1, -0.05) is 5.16 Å². The molecule has 0 aromatic carbocycles. The molecule has 6 nitrogen and oxygen atoms in total. The lowest BCUT2D eigenvalue weighted by Crippen LogP contribution is -2.47. The van der Waals surface area contributed by atoms with Crippen molar-refractivity contribution in [2.75, 3.05) is 37.7 Å². The lowest BCUT2D eigenvalue weighted by Gasteiger charge is -2.35. The van der Waals surface area contributed by atoms with Gasteiger partial charge in [-0.05, 0) is 19.4 Å². The van der Waals surface area contributed by atoms with Crippen molar-refractivity contribution in [1.82, 2.24) is 19.9 Å². The minimum atomic E-state index is 0.134. The summed E-state index contributed by atoms with van der Waals surface area (Å²) in [5, 5.41) is 3.94. The molecule has 2 aliphatic heterocycles. The number of carbonyl (C=O) groups is 1. The van der Waals surface area contributed by atoms with Gasteiger partial charge in [-0.2, -0.15) is 16.7 Å². The molecule has 1 aromatic heterocycles. The van der Waals surface area contributed by atoms with E-state index in [1.807, 2.05) is 16.7 Å². The van der Waals surface area contributed by atoms with E-state index in [2.05, 4.69) is 15.0 Å². The second-order valence-electron chi connectivity index (χ2n) is 5.74. The zero-order valence-corrected chi connectivity index (χ0v) is 13.3. The standard InChI is InChI=1S/C14H22N4O2S/c1-11-15-13(16-20-11)10-17-4-2-3-12(9-17)14(19)18-5-7-21-8-6-18/h12H,2-10H2,1H3. The Hall–Kier alpha value is -1.08. The zero-order chi connectivity index (χ0) is 14.7. The molecule has 0 saturated carbocycles. The van der Waals surface area contributed by atoms with Crippen molar-refractivity contribution in [2.45, 2.75) is 26.3 Å². The number of thioether (sulfide) groups is 1. The number of piperidine rings is 1. The number of rotatable bonds is 3. The minimum absolute atomic E-state index is 0.134. The van der Waals surface area contributed by atoms with Gasteiger partial charge in [-0.25, -0.2) is 0 Å². The van der Waals surface area contributed by atoms with E-state index in [0.29, 0.717) is 18.3 Å². The number of aromatic nitrogens is 2. The first-order valence-electron chi connectivity index (χ1n) is 7.60. The number of hydrogen-bond acceptors (Lipinski definition) is 6. The molecule has 3 rings (SSSR count). The van der Waals surface area contributed by atoms with Crippen molar-refractivity contribution < 1.29 is 9.32 Å². The first-order chi connectivity index (χ1) is 10.2. The van der Waals surface area contributed by atoms with E-state index in [-0.39, 0.29) is 5.92 Å². The maximum Gasteiger partial charge on any atom is 0.227 e. The second-order valence-corrected chi connectivity index (χ2v) is 6.97. The summed E-state index contributed by atoms with van der Waals surface area (Å²) >= 11 is 1.94. The van der Waals surface area contributed by atoms with Gasteiger partial charge in [0.2, 0.25) is 11.8 Å².